The summed E-state index contributed by atoms with van der Waals surface area (Å²) >= 11 is 3.31. The molecule has 3 N–H and O–H groups in total. The number of nitrogens with one attached hydrogen (secondary N) is 2. The fourth-order valence-electron chi connectivity index (χ4n) is 2.33. The first-order valence-corrected chi connectivity index (χ1v) is 8.71. The second kappa shape index (κ2) is 7.53. The van der Waals surface area contributed by atoms with Crippen LogP contribution in [0, 0.1) is 5.92 Å². The van der Waals surface area contributed by atoms with Gasteiger partial charge in [-0.2, -0.15) is 0 Å². The van der Waals surface area contributed by atoms with Gasteiger partial charge in [0.1, 0.15) is 11.4 Å². The van der Waals surface area contributed by atoms with Crippen molar-refractivity contribution in [3.8, 4) is 5.75 Å². The maximum Gasteiger partial charge on any atom is 0.407 e. The highest BCUT2D eigenvalue weighted by molar-refractivity contribution is 9.10. The SMILES string of the molecule is CC(C)(C)OC(=O)NC(CNCc1ccc(O)c(Br)c1)C1CC1. The van der Waals surface area contributed by atoms with Crippen molar-refractivity contribution in [2.24, 2.45) is 5.92 Å². The summed E-state index contributed by atoms with van der Waals surface area (Å²) in [6.45, 7) is 6.96. The number of ether oxygens (including phenoxy) is 1. The van der Waals surface area contributed by atoms with Gasteiger partial charge in [0.25, 0.3) is 0 Å². The van der Waals surface area contributed by atoms with E-state index in [0.717, 1.165) is 18.4 Å². The van der Waals surface area contributed by atoms with Gasteiger partial charge in [0, 0.05) is 19.1 Å². The van der Waals surface area contributed by atoms with Gasteiger partial charge in [-0.1, -0.05) is 6.07 Å². The Kier molecular flexibility index (Phi) is 5.92. The van der Waals surface area contributed by atoms with E-state index in [1.165, 1.54) is 0 Å². The average molecular weight is 385 g/mol. The molecule has 1 saturated carbocycles. The Morgan fingerprint density at radius 3 is 2.70 bits per heavy atom. The van der Waals surface area contributed by atoms with Crippen LogP contribution in [0.15, 0.2) is 22.7 Å². The Labute approximate surface area is 145 Å². The molecule has 0 aliphatic heterocycles. The van der Waals surface area contributed by atoms with E-state index in [9.17, 15) is 9.90 Å². The molecule has 1 unspecified atom stereocenters. The summed E-state index contributed by atoms with van der Waals surface area (Å²) in [6, 6.07) is 5.51. The van der Waals surface area contributed by atoms with Crippen LogP contribution >= 0.6 is 15.9 Å². The van der Waals surface area contributed by atoms with Crippen LogP contribution in [-0.2, 0) is 11.3 Å². The molecule has 1 aromatic rings. The van der Waals surface area contributed by atoms with E-state index < -0.39 is 5.60 Å². The topological polar surface area (TPSA) is 70.6 Å². The van der Waals surface area contributed by atoms with E-state index >= 15 is 0 Å². The number of hydrogen-bond acceptors (Lipinski definition) is 4. The molecule has 1 aromatic carbocycles. The number of phenols is 1. The first-order valence-electron chi connectivity index (χ1n) is 7.92. The highest BCUT2D eigenvalue weighted by Crippen LogP contribution is 2.32. The highest BCUT2D eigenvalue weighted by atomic mass is 79.9. The third-order valence-electron chi connectivity index (χ3n) is 3.60. The van der Waals surface area contributed by atoms with Crippen molar-refractivity contribution in [2.75, 3.05) is 6.54 Å². The molecule has 0 saturated heterocycles. The number of hydrogen-bond donors (Lipinski definition) is 3. The minimum atomic E-state index is -0.482. The third-order valence-corrected chi connectivity index (χ3v) is 4.23. The molecule has 0 bridgehead atoms. The average Bonchev–Trinajstić information content (AvgIpc) is 3.24. The predicted molar refractivity (Wildman–Crippen MR) is 93.4 cm³/mol. The van der Waals surface area contributed by atoms with Crippen LogP contribution in [-0.4, -0.2) is 29.4 Å². The molecule has 0 heterocycles. The Morgan fingerprint density at radius 1 is 1.43 bits per heavy atom. The summed E-state index contributed by atoms with van der Waals surface area (Å²) < 4.78 is 6.01. The zero-order chi connectivity index (χ0) is 17.0. The minimum Gasteiger partial charge on any atom is -0.507 e. The molecule has 23 heavy (non-hydrogen) atoms. The maximum atomic E-state index is 11.9. The van der Waals surface area contributed by atoms with Crippen LogP contribution in [0.3, 0.4) is 0 Å². The largest absolute Gasteiger partial charge is 0.507 e. The van der Waals surface area contributed by atoms with Crippen LogP contribution in [0.1, 0.15) is 39.2 Å². The monoisotopic (exact) mass is 384 g/mol. The number of carbonyl (C=O) groups excluding carboxylic acids is 1. The summed E-state index contributed by atoms with van der Waals surface area (Å²) in [5.41, 5.74) is 0.589. The molecule has 6 heteroatoms. The number of aromatic hydroxyl groups is 1. The smallest absolute Gasteiger partial charge is 0.407 e. The molecule has 0 radical (unpaired) electrons. The van der Waals surface area contributed by atoms with Gasteiger partial charge >= 0.3 is 6.09 Å². The number of amides is 1. The van der Waals surface area contributed by atoms with Gasteiger partial charge in [-0.3, -0.25) is 0 Å². The third kappa shape index (κ3) is 6.39. The first-order chi connectivity index (χ1) is 10.7. The summed E-state index contributed by atoms with van der Waals surface area (Å²) in [5.74, 6) is 0.762. The first kappa shape index (κ1) is 18.1. The Hall–Kier alpha value is -1.27. The summed E-state index contributed by atoms with van der Waals surface area (Å²) in [4.78, 5) is 11.9. The Bertz CT molecular complexity index is 553. The molecule has 128 valence electrons. The second-order valence-corrected chi connectivity index (χ2v) is 7.86. The standard InChI is InChI=1S/C17H25BrN2O3/c1-17(2,3)23-16(22)20-14(12-5-6-12)10-19-9-11-4-7-15(21)13(18)8-11/h4,7-8,12,14,19,21H,5-6,9-10H2,1-3H3,(H,20,22). The fourth-order valence-corrected chi connectivity index (χ4v) is 2.75. The van der Waals surface area contributed by atoms with E-state index in [1.807, 2.05) is 32.9 Å². The van der Waals surface area contributed by atoms with Crippen molar-refractivity contribution in [3.05, 3.63) is 28.2 Å². The molecular formula is C17H25BrN2O3. The maximum absolute atomic E-state index is 11.9. The van der Waals surface area contributed by atoms with E-state index in [0.29, 0.717) is 23.5 Å². The lowest BCUT2D eigenvalue weighted by Crippen LogP contribution is -2.45. The van der Waals surface area contributed by atoms with Crippen molar-refractivity contribution in [2.45, 2.75) is 51.8 Å². The van der Waals surface area contributed by atoms with Crippen molar-refractivity contribution >= 4 is 22.0 Å². The Balaban J connectivity index is 1.81. The van der Waals surface area contributed by atoms with E-state index in [4.69, 9.17) is 4.74 Å². The summed E-state index contributed by atoms with van der Waals surface area (Å²) in [5, 5.41) is 15.8. The molecule has 1 fully saturated rings. The van der Waals surface area contributed by atoms with Gasteiger partial charge in [-0.25, -0.2) is 4.79 Å². The number of rotatable bonds is 6. The highest BCUT2D eigenvalue weighted by Gasteiger charge is 2.33. The zero-order valence-electron chi connectivity index (χ0n) is 13.9. The van der Waals surface area contributed by atoms with Gasteiger partial charge in [-0.15, -0.1) is 0 Å². The molecule has 1 aliphatic carbocycles. The molecule has 1 amide bonds. The molecule has 0 spiro atoms. The molecule has 0 aromatic heterocycles. The van der Waals surface area contributed by atoms with Crippen LogP contribution in [0.2, 0.25) is 0 Å². The van der Waals surface area contributed by atoms with Gasteiger partial charge in [0.05, 0.1) is 4.47 Å². The van der Waals surface area contributed by atoms with Crippen molar-refractivity contribution in [1.82, 2.24) is 10.6 Å². The lowest BCUT2D eigenvalue weighted by atomic mass is 10.1. The molecule has 2 rings (SSSR count). The fraction of sp³-hybridized carbons (Fsp3) is 0.588. The second-order valence-electron chi connectivity index (χ2n) is 7.01. The molecule has 5 nitrogen and oxygen atoms in total. The lowest BCUT2D eigenvalue weighted by molar-refractivity contribution is 0.0497. The molecule has 1 atom stereocenters. The van der Waals surface area contributed by atoms with E-state index in [1.54, 1.807) is 6.07 Å². The van der Waals surface area contributed by atoms with Gasteiger partial charge in [-0.05, 0) is 73.2 Å². The van der Waals surface area contributed by atoms with Crippen LogP contribution < -0.4 is 10.6 Å². The number of carbonyl (C=O) groups is 1. The zero-order valence-corrected chi connectivity index (χ0v) is 15.4. The lowest BCUT2D eigenvalue weighted by Gasteiger charge is -2.24. The van der Waals surface area contributed by atoms with Gasteiger partial charge < -0.3 is 20.5 Å². The number of phenolic OH excluding ortho intramolecular Hbond substituents is 1. The predicted octanol–water partition coefficient (Wildman–Crippen LogP) is 3.55. The van der Waals surface area contributed by atoms with Crippen LogP contribution in [0.4, 0.5) is 4.79 Å². The minimum absolute atomic E-state index is 0.0883. The quantitative estimate of drug-likeness (QED) is 0.701. The van der Waals surface area contributed by atoms with Crippen LogP contribution in [0.25, 0.3) is 0 Å². The number of alkyl carbamates (subject to hydrolysis) is 1. The van der Waals surface area contributed by atoms with Crippen LogP contribution in [0.5, 0.6) is 5.75 Å². The normalized spacial score (nSPS) is 16.0. The van der Waals surface area contributed by atoms with E-state index in [-0.39, 0.29) is 17.9 Å². The van der Waals surface area contributed by atoms with Crippen molar-refractivity contribution in [3.63, 3.8) is 0 Å². The van der Waals surface area contributed by atoms with E-state index in [2.05, 4.69) is 26.6 Å². The molecular weight excluding hydrogens is 360 g/mol. The summed E-state index contributed by atoms with van der Waals surface area (Å²) in [6.07, 6.45) is 1.93. The van der Waals surface area contributed by atoms with Crippen molar-refractivity contribution < 1.29 is 14.6 Å². The molecule has 1 aliphatic rings. The van der Waals surface area contributed by atoms with Crippen molar-refractivity contribution in [1.29, 1.82) is 0 Å². The summed E-state index contributed by atoms with van der Waals surface area (Å²) in [7, 11) is 0. The van der Waals surface area contributed by atoms with Gasteiger partial charge in [0.2, 0.25) is 0 Å². The number of benzene rings is 1. The Morgan fingerprint density at radius 2 is 2.13 bits per heavy atom. The number of halogens is 1. The van der Waals surface area contributed by atoms with Gasteiger partial charge in [0.15, 0.2) is 0 Å².